The van der Waals surface area contributed by atoms with Gasteiger partial charge >= 0.3 is 0 Å². The summed E-state index contributed by atoms with van der Waals surface area (Å²) in [5, 5.41) is 4.54. The van der Waals surface area contributed by atoms with Gasteiger partial charge < -0.3 is 0 Å². The molecule has 3 rings (SSSR count). The molecule has 2 aromatic heterocycles. The quantitative estimate of drug-likeness (QED) is 0.678. The highest BCUT2D eigenvalue weighted by Crippen LogP contribution is 2.21. The molecular weight excluding hydrogens is 366 g/mol. The summed E-state index contributed by atoms with van der Waals surface area (Å²) >= 11 is 6.35. The van der Waals surface area contributed by atoms with E-state index in [1.54, 1.807) is 29.9 Å². The maximum atomic E-state index is 12.5. The molecule has 0 spiro atoms. The minimum atomic E-state index is -0.537. The van der Waals surface area contributed by atoms with Gasteiger partial charge in [0.15, 0.2) is 0 Å². The van der Waals surface area contributed by atoms with Crippen molar-refractivity contribution in [2.24, 2.45) is 0 Å². The topological polar surface area (TPSA) is 88.9 Å². The van der Waals surface area contributed by atoms with Gasteiger partial charge in [-0.05, 0) is 31.5 Å². The monoisotopic (exact) mass is 383 g/mol. The number of hydrogen-bond donors (Lipinski definition) is 2. The molecule has 3 aromatic rings. The summed E-state index contributed by atoms with van der Waals surface area (Å²) in [6.07, 6.45) is 2.96. The molecule has 0 saturated heterocycles. The van der Waals surface area contributed by atoms with Gasteiger partial charge in [0.2, 0.25) is 0 Å². The molecule has 0 bridgehead atoms. The molecule has 0 aliphatic carbocycles. The van der Waals surface area contributed by atoms with Gasteiger partial charge in [-0.3, -0.25) is 25.4 Å². The van der Waals surface area contributed by atoms with E-state index in [2.05, 4.69) is 20.9 Å². The normalized spacial score (nSPS) is 10.5. The van der Waals surface area contributed by atoms with Crippen molar-refractivity contribution in [3.05, 3.63) is 81.9 Å². The first-order valence-electron chi connectivity index (χ1n) is 8.25. The van der Waals surface area contributed by atoms with E-state index in [1.807, 2.05) is 31.2 Å². The maximum Gasteiger partial charge on any atom is 0.274 e. The van der Waals surface area contributed by atoms with Crippen LogP contribution in [0.3, 0.4) is 0 Å². The minimum absolute atomic E-state index is 0.209. The van der Waals surface area contributed by atoms with Gasteiger partial charge in [0.05, 0.1) is 17.8 Å². The van der Waals surface area contributed by atoms with Crippen LogP contribution in [0.4, 0.5) is 0 Å². The Balaban J connectivity index is 1.70. The molecule has 0 atom stereocenters. The molecule has 1 aromatic carbocycles. The summed E-state index contributed by atoms with van der Waals surface area (Å²) in [4.78, 5) is 28.3. The first-order valence-corrected chi connectivity index (χ1v) is 8.62. The molecule has 138 valence electrons. The molecule has 2 heterocycles. The Morgan fingerprint density at radius 3 is 2.44 bits per heavy atom. The van der Waals surface area contributed by atoms with Gasteiger partial charge in [0.25, 0.3) is 11.8 Å². The van der Waals surface area contributed by atoms with E-state index in [9.17, 15) is 9.59 Å². The van der Waals surface area contributed by atoms with Crippen LogP contribution in [0, 0.1) is 13.8 Å². The number of hydrogen-bond acceptors (Lipinski definition) is 4. The van der Waals surface area contributed by atoms with Gasteiger partial charge in [-0.15, -0.1) is 0 Å². The molecule has 0 radical (unpaired) electrons. The third kappa shape index (κ3) is 4.32. The number of aromatic nitrogens is 3. The van der Waals surface area contributed by atoms with Crippen molar-refractivity contribution in [2.75, 3.05) is 0 Å². The van der Waals surface area contributed by atoms with Crippen LogP contribution in [0.15, 0.2) is 48.8 Å². The van der Waals surface area contributed by atoms with E-state index < -0.39 is 11.8 Å². The van der Waals surface area contributed by atoms with Gasteiger partial charge in [-0.25, -0.2) is 4.68 Å². The summed E-state index contributed by atoms with van der Waals surface area (Å²) in [5.74, 6) is -1.01. The van der Waals surface area contributed by atoms with E-state index in [4.69, 9.17) is 11.6 Å². The lowest BCUT2D eigenvalue weighted by Gasteiger charge is -2.07. The second kappa shape index (κ2) is 8.01. The standard InChI is InChI=1S/C19H18ClN5O2/c1-12-5-7-14(8-6-12)11-25-17(20)16(13(2)24-25)19(27)23-22-18(26)15-4-3-9-21-10-15/h3-10H,11H2,1-2H3,(H,22,26)(H,23,27). The zero-order chi connectivity index (χ0) is 19.4. The smallest absolute Gasteiger partial charge is 0.267 e. The number of carbonyl (C=O) groups excluding carboxylic acids is 2. The van der Waals surface area contributed by atoms with E-state index in [-0.39, 0.29) is 10.7 Å². The SMILES string of the molecule is Cc1ccc(Cn2nc(C)c(C(=O)NNC(=O)c3cccnc3)c2Cl)cc1. The summed E-state index contributed by atoms with van der Waals surface area (Å²) in [6, 6.07) is 11.2. The van der Waals surface area contributed by atoms with E-state index in [0.717, 1.165) is 11.1 Å². The number of pyridine rings is 1. The second-order valence-electron chi connectivity index (χ2n) is 6.04. The zero-order valence-corrected chi connectivity index (χ0v) is 15.6. The molecule has 2 amide bonds. The lowest BCUT2D eigenvalue weighted by molar-refractivity contribution is 0.0846. The first kappa shape index (κ1) is 18.6. The van der Waals surface area contributed by atoms with E-state index >= 15 is 0 Å². The fraction of sp³-hybridized carbons (Fsp3) is 0.158. The van der Waals surface area contributed by atoms with Crippen LogP contribution < -0.4 is 10.9 Å². The number of halogens is 1. The van der Waals surface area contributed by atoms with Crippen LogP contribution >= 0.6 is 11.6 Å². The third-order valence-electron chi connectivity index (χ3n) is 3.96. The van der Waals surface area contributed by atoms with Crippen LogP contribution in [-0.2, 0) is 6.54 Å². The average Bonchev–Trinajstić information content (AvgIpc) is 2.95. The van der Waals surface area contributed by atoms with Gasteiger partial charge in [0, 0.05) is 12.4 Å². The highest BCUT2D eigenvalue weighted by molar-refractivity contribution is 6.33. The Hall–Kier alpha value is -3.19. The Kier molecular flexibility index (Phi) is 5.52. The number of aryl methyl sites for hydroxylation is 2. The number of hydrazine groups is 1. The fourth-order valence-corrected chi connectivity index (χ4v) is 2.85. The van der Waals surface area contributed by atoms with Crippen molar-refractivity contribution in [2.45, 2.75) is 20.4 Å². The Bertz CT molecular complexity index is 968. The van der Waals surface area contributed by atoms with Crippen LogP contribution in [-0.4, -0.2) is 26.6 Å². The van der Waals surface area contributed by atoms with Gasteiger partial charge in [-0.2, -0.15) is 5.10 Å². The first-order chi connectivity index (χ1) is 13.0. The Morgan fingerprint density at radius 1 is 1.07 bits per heavy atom. The number of amides is 2. The summed E-state index contributed by atoms with van der Waals surface area (Å²) in [7, 11) is 0. The van der Waals surface area contributed by atoms with E-state index in [0.29, 0.717) is 17.8 Å². The Morgan fingerprint density at radius 2 is 1.78 bits per heavy atom. The molecule has 2 N–H and O–H groups in total. The second-order valence-corrected chi connectivity index (χ2v) is 6.40. The molecule has 27 heavy (non-hydrogen) atoms. The van der Waals surface area contributed by atoms with Crippen molar-refractivity contribution >= 4 is 23.4 Å². The van der Waals surface area contributed by atoms with Crippen molar-refractivity contribution in [1.29, 1.82) is 0 Å². The lowest BCUT2D eigenvalue weighted by atomic mass is 10.1. The van der Waals surface area contributed by atoms with Gasteiger partial charge in [0.1, 0.15) is 10.7 Å². The summed E-state index contributed by atoms with van der Waals surface area (Å²) < 4.78 is 1.55. The predicted molar refractivity (Wildman–Crippen MR) is 101 cm³/mol. The summed E-state index contributed by atoms with van der Waals surface area (Å²) in [5.41, 5.74) is 7.90. The summed E-state index contributed by atoms with van der Waals surface area (Å²) in [6.45, 7) is 4.14. The molecule has 7 nitrogen and oxygen atoms in total. The highest BCUT2D eigenvalue weighted by atomic mass is 35.5. The minimum Gasteiger partial charge on any atom is -0.267 e. The maximum absolute atomic E-state index is 12.5. The number of benzene rings is 1. The van der Waals surface area contributed by atoms with Crippen LogP contribution in [0.1, 0.15) is 37.5 Å². The largest absolute Gasteiger partial charge is 0.274 e. The van der Waals surface area contributed by atoms with Crippen LogP contribution in [0.25, 0.3) is 0 Å². The molecule has 0 unspecified atom stereocenters. The van der Waals surface area contributed by atoms with Gasteiger partial charge in [-0.1, -0.05) is 41.4 Å². The predicted octanol–water partition coefficient (Wildman–Crippen LogP) is 2.67. The van der Waals surface area contributed by atoms with Crippen molar-refractivity contribution in [1.82, 2.24) is 25.6 Å². The number of nitrogens with zero attached hydrogens (tertiary/aromatic N) is 3. The van der Waals surface area contributed by atoms with E-state index in [1.165, 1.54) is 6.20 Å². The fourth-order valence-electron chi connectivity index (χ4n) is 2.53. The molecule has 0 saturated carbocycles. The highest BCUT2D eigenvalue weighted by Gasteiger charge is 2.21. The van der Waals surface area contributed by atoms with Crippen molar-refractivity contribution in [3.63, 3.8) is 0 Å². The third-order valence-corrected chi connectivity index (χ3v) is 4.34. The lowest BCUT2D eigenvalue weighted by Crippen LogP contribution is -2.41. The van der Waals surface area contributed by atoms with Crippen LogP contribution in [0.2, 0.25) is 5.15 Å². The van der Waals surface area contributed by atoms with Crippen LogP contribution in [0.5, 0.6) is 0 Å². The zero-order valence-electron chi connectivity index (χ0n) is 14.9. The molecule has 0 aliphatic rings. The number of nitrogens with one attached hydrogen (secondary N) is 2. The number of carbonyl (C=O) groups is 2. The molecule has 8 heteroatoms. The average molecular weight is 384 g/mol. The molecule has 0 fully saturated rings. The van der Waals surface area contributed by atoms with Crippen molar-refractivity contribution < 1.29 is 9.59 Å². The number of rotatable bonds is 4. The van der Waals surface area contributed by atoms with Crippen molar-refractivity contribution in [3.8, 4) is 0 Å². The Labute approximate surface area is 161 Å². The molecular formula is C19H18ClN5O2. The molecule has 0 aliphatic heterocycles.